The van der Waals surface area contributed by atoms with E-state index >= 15 is 0 Å². The van der Waals surface area contributed by atoms with Crippen LogP contribution >= 0.6 is 0 Å². The fourth-order valence-corrected chi connectivity index (χ4v) is 4.77. The van der Waals surface area contributed by atoms with Crippen molar-refractivity contribution in [1.82, 2.24) is 0 Å². The summed E-state index contributed by atoms with van der Waals surface area (Å²) in [4.78, 5) is 12.0. The fourth-order valence-electron chi connectivity index (χ4n) is 4.77. The van der Waals surface area contributed by atoms with Gasteiger partial charge in [-0.15, -0.1) is 0 Å². The summed E-state index contributed by atoms with van der Waals surface area (Å²) in [5.41, 5.74) is 3.10. The summed E-state index contributed by atoms with van der Waals surface area (Å²) in [6, 6.07) is 0. The first-order chi connectivity index (χ1) is 10.8. The normalized spacial score (nSPS) is 44.8. The molecule has 0 spiro atoms. The largest absolute Gasteiger partial charge is 0.458 e. The van der Waals surface area contributed by atoms with Crippen molar-refractivity contribution >= 4 is 5.97 Å². The molecule has 4 rings (SSSR count). The predicted octanol–water partition coefficient (Wildman–Crippen LogP) is 3.02. The van der Waals surface area contributed by atoms with Crippen molar-refractivity contribution < 1.29 is 19.0 Å². The lowest BCUT2D eigenvalue weighted by molar-refractivity contribution is -0.141. The second kappa shape index (κ2) is 4.93. The van der Waals surface area contributed by atoms with E-state index in [0.29, 0.717) is 11.5 Å². The van der Waals surface area contributed by atoms with E-state index in [0.717, 1.165) is 19.4 Å². The van der Waals surface area contributed by atoms with Crippen LogP contribution in [0.2, 0.25) is 0 Å². The van der Waals surface area contributed by atoms with Crippen LogP contribution in [0.1, 0.15) is 40.5 Å². The van der Waals surface area contributed by atoms with Gasteiger partial charge in [-0.2, -0.15) is 0 Å². The van der Waals surface area contributed by atoms with E-state index in [1.807, 2.05) is 0 Å². The lowest BCUT2D eigenvalue weighted by Gasteiger charge is -2.29. The third-order valence-electron chi connectivity index (χ3n) is 6.03. The van der Waals surface area contributed by atoms with Gasteiger partial charge >= 0.3 is 5.97 Å². The Morgan fingerprint density at radius 3 is 2.87 bits per heavy atom. The molecule has 4 heteroatoms. The summed E-state index contributed by atoms with van der Waals surface area (Å²) in [5, 5.41) is 0. The second-order valence-electron chi connectivity index (χ2n) is 8.12. The number of carbonyl (C=O) groups is 1. The maximum absolute atomic E-state index is 12.0. The van der Waals surface area contributed by atoms with Crippen molar-refractivity contribution in [2.24, 2.45) is 17.8 Å². The Morgan fingerprint density at radius 2 is 2.17 bits per heavy atom. The van der Waals surface area contributed by atoms with E-state index in [-0.39, 0.29) is 41.7 Å². The number of esters is 1. The Kier molecular flexibility index (Phi) is 3.30. The zero-order chi connectivity index (χ0) is 16.5. The Bertz CT molecular complexity index is 604. The van der Waals surface area contributed by atoms with Crippen molar-refractivity contribution in [3.8, 4) is 0 Å². The lowest BCUT2D eigenvalue weighted by atomic mass is 9.81. The van der Waals surface area contributed by atoms with Crippen LogP contribution in [-0.4, -0.2) is 36.5 Å². The zero-order valence-corrected chi connectivity index (χ0v) is 14.4. The molecular formula is C19H26O4. The number of carbonyl (C=O) groups excluding carboxylic acids is 1. The minimum atomic E-state index is -0.254. The maximum atomic E-state index is 12.0. The summed E-state index contributed by atoms with van der Waals surface area (Å²) in [7, 11) is 0. The van der Waals surface area contributed by atoms with E-state index in [1.54, 1.807) is 0 Å². The Hall–Kier alpha value is -1.13. The first-order valence-electron chi connectivity index (χ1n) is 8.73. The standard InChI is InChI=1S/C19H26O4/c1-9(2)8-21-16-13-10(3)6-7-12-11(4)18(20)22-15(12)14(13)19(5)17(16)23-19/h9,12,14-17H,4,6-8H2,1-3,5H3/t12-,14-,15-,16?,17+,19-/m0/s1. The number of rotatable bonds is 3. The Balaban J connectivity index is 1.71. The Labute approximate surface area is 137 Å². The molecule has 2 heterocycles. The highest BCUT2D eigenvalue weighted by atomic mass is 16.6. The monoisotopic (exact) mass is 318 g/mol. The van der Waals surface area contributed by atoms with Crippen molar-refractivity contribution in [2.75, 3.05) is 6.61 Å². The quantitative estimate of drug-likeness (QED) is 0.347. The van der Waals surface area contributed by atoms with Crippen LogP contribution in [0.15, 0.2) is 23.3 Å². The molecule has 2 aliphatic carbocycles. The minimum absolute atomic E-state index is 0.0127. The van der Waals surface area contributed by atoms with Gasteiger partial charge < -0.3 is 14.2 Å². The average Bonchev–Trinajstić information content (AvgIpc) is 3.03. The van der Waals surface area contributed by atoms with Crippen molar-refractivity contribution in [2.45, 2.75) is 64.4 Å². The molecule has 0 N–H and O–H groups in total. The maximum Gasteiger partial charge on any atom is 0.334 e. The summed E-state index contributed by atoms with van der Waals surface area (Å²) in [5.74, 6) is 0.486. The highest BCUT2D eigenvalue weighted by molar-refractivity contribution is 5.91. The molecule has 0 amide bonds. The van der Waals surface area contributed by atoms with Gasteiger partial charge in [0.15, 0.2) is 0 Å². The van der Waals surface area contributed by atoms with Gasteiger partial charge in [-0.05, 0) is 38.2 Å². The SMILES string of the molecule is C=C1C(=O)O[C@H]2[C@H]1CCC(C)=C1C(OCC(C)C)[C@H]3O[C@@]3(C)[C@@H]12. The number of ether oxygens (including phenoxy) is 3. The molecular weight excluding hydrogens is 292 g/mol. The third kappa shape index (κ3) is 2.07. The average molecular weight is 318 g/mol. The molecule has 1 saturated carbocycles. The van der Waals surface area contributed by atoms with Gasteiger partial charge in [0.05, 0.1) is 5.92 Å². The molecule has 0 aromatic rings. The predicted molar refractivity (Wildman–Crippen MR) is 85.8 cm³/mol. The van der Waals surface area contributed by atoms with Gasteiger partial charge in [-0.3, -0.25) is 0 Å². The highest BCUT2D eigenvalue weighted by Crippen LogP contribution is 2.62. The number of hydrogen-bond acceptors (Lipinski definition) is 4. The second-order valence-corrected chi connectivity index (χ2v) is 8.12. The molecule has 2 saturated heterocycles. The molecule has 4 aliphatic rings. The molecule has 0 bridgehead atoms. The van der Waals surface area contributed by atoms with Gasteiger partial charge in [0.25, 0.3) is 0 Å². The van der Waals surface area contributed by atoms with Crippen LogP contribution in [0.4, 0.5) is 0 Å². The third-order valence-corrected chi connectivity index (χ3v) is 6.03. The summed E-state index contributed by atoms with van der Waals surface area (Å²) < 4.78 is 18.0. The van der Waals surface area contributed by atoms with Crippen LogP contribution in [0.25, 0.3) is 0 Å². The van der Waals surface area contributed by atoms with Crippen molar-refractivity contribution in [3.63, 3.8) is 0 Å². The van der Waals surface area contributed by atoms with E-state index in [1.165, 1.54) is 11.1 Å². The zero-order valence-electron chi connectivity index (χ0n) is 14.4. The molecule has 0 aromatic carbocycles. The van der Waals surface area contributed by atoms with Crippen molar-refractivity contribution in [1.29, 1.82) is 0 Å². The molecule has 0 radical (unpaired) electrons. The lowest BCUT2D eigenvalue weighted by Crippen LogP contribution is -2.35. The molecule has 4 nitrogen and oxygen atoms in total. The van der Waals surface area contributed by atoms with E-state index < -0.39 is 0 Å². The summed E-state index contributed by atoms with van der Waals surface area (Å²) in [6.45, 7) is 13.4. The minimum Gasteiger partial charge on any atom is -0.458 e. The van der Waals surface area contributed by atoms with Gasteiger partial charge in [0.1, 0.15) is 23.9 Å². The molecule has 2 aliphatic heterocycles. The number of allylic oxidation sites excluding steroid dienone is 1. The summed E-state index contributed by atoms with van der Waals surface area (Å²) in [6.07, 6.45) is 1.89. The Morgan fingerprint density at radius 1 is 1.43 bits per heavy atom. The van der Waals surface area contributed by atoms with Gasteiger partial charge in [0, 0.05) is 18.1 Å². The van der Waals surface area contributed by atoms with Gasteiger partial charge in [-0.25, -0.2) is 4.79 Å². The summed E-state index contributed by atoms with van der Waals surface area (Å²) >= 11 is 0. The van der Waals surface area contributed by atoms with Crippen LogP contribution in [0.5, 0.6) is 0 Å². The van der Waals surface area contributed by atoms with Crippen molar-refractivity contribution in [3.05, 3.63) is 23.3 Å². The molecule has 1 unspecified atom stereocenters. The molecule has 6 atom stereocenters. The first-order valence-corrected chi connectivity index (χ1v) is 8.73. The molecule has 0 aromatic heterocycles. The van der Waals surface area contributed by atoms with Crippen LogP contribution < -0.4 is 0 Å². The molecule has 23 heavy (non-hydrogen) atoms. The van der Waals surface area contributed by atoms with E-state index in [2.05, 4.69) is 34.3 Å². The first kappa shape index (κ1) is 15.4. The smallest absolute Gasteiger partial charge is 0.334 e. The van der Waals surface area contributed by atoms with E-state index in [4.69, 9.17) is 14.2 Å². The van der Waals surface area contributed by atoms with Gasteiger partial charge in [0.2, 0.25) is 0 Å². The molecule has 3 fully saturated rings. The molecule has 126 valence electrons. The highest BCUT2D eigenvalue weighted by Gasteiger charge is 2.73. The number of fused-ring (bicyclic) bond motifs is 5. The van der Waals surface area contributed by atoms with E-state index in [9.17, 15) is 4.79 Å². The van der Waals surface area contributed by atoms with Crippen LogP contribution in [-0.2, 0) is 19.0 Å². The number of epoxide rings is 1. The van der Waals surface area contributed by atoms with Crippen LogP contribution in [0, 0.1) is 17.8 Å². The number of hydrogen-bond donors (Lipinski definition) is 0. The fraction of sp³-hybridized carbons (Fsp3) is 0.737. The van der Waals surface area contributed by atoms with Gasteiger partial charge in [-0.1, -0.05) is 26.0 Å². The topological polar surface area (TPSA) is 48.1 Å². The van der Waals surface area contributed by atoms with Crippen LogP contribution in [0.3, 0.4) is 0 Å².